The molecular weight excluding hydrogens is 302 g/mol. The number of aliphatic carboxylic acids is 1. The quantitative estimate of drug-likeness (QED) is 0.569. The number of carboxylic acids is 1. The summed E-state index contributed by atoms with van der Waals surface area (Å²) in [6.45, 7) is 3.07. The molecule has 1 aromatic rings. The lowest BCUT2D eigenvalue weighted by molar-refractivity contribution is -0.384. The van der Waals surface area contributed by atoms with Crippen molar-refractivity contribution in [2.24, 2.45) is 0 Å². The van der Waals surface area contributed by atoms with Crippen molar-refractivity contribution in [1.82, 2.24) is 5.32 Å². The lowest BCUT2D eigenvalue weighted by atomic mass is 10.0. The molecule has 0 aromatic heterocycles. The van der Waals surface area contributed by atoms with Gasteiger partial charge in [-0.15, -0.1) is 0 Å². The Labute approximate surface area is 125 Å². The molecule has 0 unspecified atom stereocenters. The van der Waals surface area contributed by atoms with Crippen LogP contribution in [0.1, 0.15) is 20.3 Å². The van der Waals surface area contributed by atoms with Crippen LogP contribution in [0.4, 0.5) is 16.2 Å². The van der Waals surface area contributed by atoms with Crippen LogP contribution in [0.5, 0.6) is 0 Å². The van der Waals surface area contributed by atoms with Crippen molar-refractivity contribution >= 4 is 35.0 Å². The number of non-ortho nitro benzene ring substituents is 1. The van der Waals surface area contributed by atoms with E-state index in [-0.39, 0.29) is 22.8 Å². The largest absolute Gasteiger partial charge is 0.481 e. The molecule has 8 nitrogen and oxygen atoms in total. The van der Waals surface area contributed by atoms with E-state index in [0.29, 0.717) is 0 Å². The second-order valence-electron chi connectivity index (χ2n) is 4.95. The summed E-state index contributed by atoms with van der Waals surface area (Å²) in [6.07, 6.45) is -0.275. The van der Waals surface area contributed by atoms with Crippen LogP contribution >= 0.6 is 11.6 Å². The van der Waals surface area contributed by atoms with Gasteiger partial charge in [0, 0.05) is 17.7 Å². The summed E-state index contributed by atoms with van der Waals surface area (Å²) in [4.78, 5) is 32.5. The third kappa shape index (κ3) is 5.27. The molecule has 0 atom stereocenters. The lowest BCUT2D eigenvalue weighted by Gasteiger charge is -2.24. The van der Waals surface area contributed by atoms with Gasteiger partial charge in [-0.3, -0.25) is 14.9 Å². The molecule has 0 spiro atoms. The first-order valence-electron chi connectivity index (χ1n) is 5.85. The fourth-order valence-electron chi connectivity index (χ4n) is 1.61. The molecule has 0 saturated heterocycles. The average Bonchev–Trinajstić information content (AvgIpc) is 2.28. The number of urea groups is 1. The van der Waals surface area contributed by atoms with Crippen molar-refractivity contribution in [2.45, 2.75) is 25.8 Å². The number of carbonyl (C=O) groups is 2. The first-order chi connectivity index (χ1) is 9.60. The molecule has 0 radical (unpaired) electrons. The molecule has 0 fully saturated rings. The van der Waals surface area contributed by atoms with Crippen molar-refractivity contribution < 1.29 is 19.6 Å². The molecule has 0 saturated carbocycles. The molecule has 3 N–H and O–H groups in total. The van der Waals surface area contributed by atoms with Gasteiger partial charge in [0.25, 0.3) is 5.69 Å². The number of carbonyl (C=O) groups excluding carboxylic acids is 1. The number of nitro benzene ring substituents is 1. The van der Waals surface area contributed by atoms with Crippen molar-refractivity contribution in [1.29, 1.82) is 0 Å². The maximum atomic E-state index is 11.8. The van der Waals surface area contributed by atoms with Crippen LogP contribution in [0.2, 0.25) is 5.02 Å². The minimum Gasteiger partial charge on any atom is -0.481 e. The van der Waals surface area contributed by atoms with Crippen LogP contribution in [0.25, 0.3) is 0 Å². The van der Waals surface area contributed by atoms with Crippen molar-refractivity contribution in [3.63, 3.8) is 0 Å². The molecule has 0 aliphatic heterocycles. The summed E-state index contributed by atoms with van der Waals surface area (Å²) >= 11 is 5.84. The van der Waals surface area contributed by atoms with Gasteiger partial charge in [0.2, 0.25) is 0 Å². The molecule has 0 aliphatic carbocycles. The standard InChI is InChI=1S/C12H14ClN3O5/c1-12(2,6-10(17)18)15-11(19)14-9-5-7(16(20)21)3-4-8(9)13/h3-5H,6H2,1-2H3,(H,17,18)(H2,14,15,19). The van der Waals surface area contributed by atoms with Gasteiger partial charge >= 0.3 is 12.0 Å². The topological polar surface area (TPSA) is 122 Å². The SMILES string of the molecule is CC(C)(CC(=O)O)NC(=O)Nc1cc([N+](=O)[O-])ccc1Cl. The number of halogens is 1. The minimum atomic E-state index is -1.06. The predicted molar refractivity (Wildman–Crippen MR) is 76.6 cm³/mol. The van der Waals surface area contributed by atoms with E-state index in [1.165, 1.54) is 26.0 Å². The zero-order valence-corrected chi connectivity index (χ0v) is 12.1. The second-order valence-corrected chi connectivity index (χ2v) is 5.36. The van der Waals surface area contributed by atoms with E-state index in [9.17, 15) is 19.7 Å². The highest BCUT2D eigenvalue weighted by Crippen LogP contribution is 2.26. The van der Waals surface area contributed by atoms with E-state index >= 15 is 0 Å². The molecule has 1 rings (SSSR count). The first-order valence-corrected chi connectivity index (χ1v) is 6.23. The molecule has 0 heterocycles. The fraction of sp³-hybridized carbons (Fsp3) is 0.333. The lowest BCUT2D eigenvalue weighted by Crippen LogP contribution is -2.46. The van der Waals surface area contributed by atoms with E-state index in [1.807, 2.05) is 0 Å². The summed E-state index contributed by atoms with van der Waals surface area (Å²) in [6, 6.07) is 2.91. The second kappa shape index (κ2) is 6.40. The van der Waals surface area contributed by atoms with Gasteiger partial charge in [-0.1, -0.05) is 11.6 Å². The molecule has 1 aromatic carbocycles. The monoisotopic (exact) mass is 315 g/mol. The molecular formula is C12H14ClN3O5. The van der Waals surface area contributed by atoms with Crippen molar-refractivity contribution in [3.8, 4) is 0 Å². The van der Waals surface area contributed by atoms with Crippen LogP contribution < -0.4 is 10.6 Å². The van der Waals surface area contributed by atoms with Gasteiger partial charge in [0.15, 0.2) is 0 Å². The Morgan fingerprint density at radius 2 is 2.05 bits per heavy atom. The number of benzene rings is 1. The summed E-state index contributed by atoms with van der Waals surface area (Å²) in [5, 5.41) is 24.3. The Balaban J connectivity index is 2.81. The maximum absolute atomic E-state index is 11.8. The number of nitro groups is 1. The van der Waals surface area contributed by atoms with Crippen molar-refractivity contribution in [2.75, 3.05) is 5.32 Å². The normalized spacial score (nSPS) is 10.8. The highest BCUT2D eigenvalue weighted by atomic mass is 35.5. The van der Waals surface area contributed by atoms with Crippen LogP contribution in [0.15, 0.2) is 18.2 Å². The van der Waals surface area contributed by atoms with Crippen LogP contribution in [-0.4, -0.2) is 27.6 Å². The number of nitrogens with one attached hydrogen (secondary N) is 2. The number of amides is 2. The zero-order valence-electron chi connectivity index (χ0n) is 11.3. The van der Waals surface area contributed by atoms with E-state index < -0.39 is 22.5 Å². The molecule has 0 aliphatic rings. The maximum Gasteiger partial charge on any atom is 0.319 e. The summed E-state index contributed by atoms with van der Waals surface area (Å²) in [7, 11) is 0. The van der Waals surface area contributed by atoms with Crippen molar-refractivity contribution in [3.05, 3.63) is 33.3 Å². The van der Waals surface area contributed by atoms with E-state index in [0.717, 1.165) is 6.07 Å². The number of anilines is 1. The molecule has 114 valence electrons. The molecule has 21 heavy (non-hydrogen) atoms. The number of hydrogen-bond acceptors (Lipinski definition) is 4. The summed E-state index contributed by atoms with van der Waals surface area (Å²) < 4.78 is 0. The van der Waals surface area contributed by atoms with Gasteiger partial charge in [0.1, 0.15) is 0 Å². The Kier molecular flexibility index (Phi) is 5.09. The van der Waals surface area contributed by atoms with Crippen LogP contribution in [0, 0.1) is 10.1 Å². The van der Waals surface area contributed by atoms with Gasteiger partial charge < -0.3 is 15.7 Å². The smallest absolute Gasteiger partial charge is 0.319 e. The predicted octanol–water partition coefficient (Wildman–Crippen LogP) is 2.62. The van der Waals surface area contributed by atoms with Gasteiger partial charge in [0.05, 0.1) is 22.1 Å². The highest BCUT2D eigenvalue weighted by molar-refractivity contribution is 6.33. The van der Waals surface area contributed by atoms with E-state index in [2.05, 4.69) is 10.6 Å². The Hall–Kier alpha value is -2.35. The third-order valence-electron chi connectivity index (χ3n) is 2.45. The number of hydrogen-bond donors (Lipinski definition) is 3. The first kappa shape index (κ1) is 16.7. The van der Waals surface area contributed by atoms with E-state index in [1.54, 1.807) is 0 Å². The summed E-state index contributed by atoms with van der Waals surface area (Å²) in [5.41, 5.74) is -1.14. The molecule has 0 bridgehead atoms. The minimum absolute atomic E-state index is 0.0643. The van der Waals surface area contributed by atoms with Gasteiger partial charge in [-0.05, 0) is 19.9 Å². The Morgan fingerprint density at radius 3 is 2.57 bits per heavy atom. The van der Waals surface area contributed by atoms with Crippen LogP contribution in [0.3, 0.4) is 0 Å². The number of nitrogens with zero attached hydrogens (tertiary/aromatic N) is 1. The Bertz CT molecular complexity index is 588. The van der Waals surface area contributed by atoms with E-state index in [4.69, 9.17) is 16.7 Å². The molecule has 2 amide bonds. The third-order valence-corrected chi connectivity index (χ3v) is 2.78. The van der Waals surface area contributed by atoms with Crippen LogP contribution in [-0.2, 0) is 4.79 Å². The Morgan fingerprint density at radius 1 is 1.43 bits per heavy atom. The number of rotatable bonds is 5. The van der Waals surface area contributed by atoms with Gasteiger partial charge in [-0.25, -0.2) is 4.79 Å². The van der Waals surface area contributed by atoms with Gasteiger partial charge in [-0.2, -0.15) is 0 Å². The molecule has 9 heteroatoms. The zero-order chi connectivity index (χ0) is 16.2. The summed E-state index contributed by atoms with van der Waals surface area (Å²) in [5.74, 6) is -1.06. The number of carboxylic acid groups (broad SMARTS) is 1. The average molecular weight is 316 g/mol. The fourth-order valence-corrected chi connectivity index (χ4v) is 1.77. The highest BCUT2D eigenvalue weighted by Gasteiger charge is 2.24.